The van der Waals surface area contributed by atoms with Gasteiger partial charge >= 0.3 is 0 Å². The van der Waals surface area contributed by atoms with Crippen molar-refractivity contribution in [3.8, 4) is 11.3 Å². The van der Waals surface area contributed by atoms with Crippen molar-refractivity contribution in [1.82, 2.24) is 20.3 Å². The molecule has 0 fully saturated rings. The molecule has 1 aromatic carbocycles. The van der Waals surface area contributed by atoms with Crippen molar-refractivity contribution in [2.45, 2.75) is 26.3 Å². The molecular formula is C20H19FN4O. The first-order chi connectivity index (χ1) is 12.6. The van der Waals surface area contributed by atoms with Crippen molar-refractivity contribution < 1.29 is 9.18 Å². The minimum Gasteiger partial charge on any atom is -0.350 e. The molecule has 1 amide bonds. The summed E-state index contributed by atoms with van der Waals surface area (Å²) in [5.74, 6) is -0.321. The van der Waals surface area contributed by atoms with Gasteiger partial charge in [0, 0.05) is 36.8 Å². The molecule has 0 aliphatic rings. The van der Waals surface area contributed by atoms with E-state index in [-0.39, 0.29) is 11.7 Å². The second-order valence-electron chi connectivity index (χ2n) is 5.95. The minimum atomic E-state index is -0.233. The maximum atomic E-state index is 13.3. The van der Waals surface area contributed by atoms with E-state index < -0.39 is 0 Å². The van der Waals surface area contributed by atoms with Crippen LogP contribution in [0, 0.1) is 12.7 Å². The number of nitrogens with one attached hydrogen (secondary N) is 1. The van der Waals surface area contributed by atoms with Crippen LogP contribution in [0.1, 0.15) is 23.2 Å². The Morgan fingerprint density at radius 1 is 1.15 bits per heavy atom. The predicted octanol–water partition coefficient (Wildman–Crippen LogP) is 3.24. The fourth-order valence-electron chi connectivity index (χ4n) is 2.63. The van der Waals surface area contributed by atoms with Gasteiger partial charge in [-0.3, -0.25) is 19.7 Å². The van der Waals surface area contributed by atoms with Crippen molar-refractivity contribution in [1.29, 1.82) is 0 Å². The molecule has 0 unspecified atom stereocenters. The smallest absolute Gasteiger partial charge is 0.220 e. The topological polar surface area (TPSA) is 67.8 Å². The summed E-state index contributed by atoms with van der Waals surface area (Å²) in [4.78, 5) is 24.9. The summed E-state index contributed by atoms with van der Waals surface area (Å²) in [7, 11) is 0. The molecular weight excluding hydrogens is 331 g/mol. The number of hydrogen-bond donors (Lipinski definition) is 1. The number of pyridine rings is 1. The van der Waals surface area contributed by atoms with Crippen molar-refractivity contribution in [3.63, 3.8) is 0 Å². The second kappa shape index (κ2) is 8.29. The first-order valence-electron chi connectivity index (χ1n) is 8.35. The molecule has 3 aromatic rings. The number of halogens is 1. The van der Waals surface area contributed by atoms with Gasteiger partial charge in [-0.1, -0.05) is 12.1 Å². The quantitative estimate of drug-likeness (QED) is 0.741. The van der Waals surface area contributed by atoms with E-state index in [2.05, 4.69) is 20.3 Å². The highest BCUT2D eigenvalue weighted by molar-refractivity contribution is 5.76. The van der Waals surface area contributed by atoms with Crippen LogP contribution in [0.3, 0.4) is 0 Å². The van der Waals surface area contributed by atoms with Gasteiger partial charge < -0.3 is 5.32 Å². The lowest BCUT2D eigenvalue weighted by molar-refractivity contribution is -0.121. The van der Waals surface area contributed by atoms with Crippen LogP contribution in [0.5, 0.6) is 0 Å². The molecule has 0 bridgehead atoms. The van der Waals surface area contributed by atoms with Gasteiger partial charge in [-0.25, -0.2) is 4.39 Å². The molecule has 3 rings (SSSR count). The van der Waals surface area contributed by atoms with Gasteiger partial charge in [0.25, 0.3) is 0 Å². The Balaban J connectivity index is 1.59. The standard InChI is InChI=1S/C20H19FN4O/c1-14-11-15(4-6-17(14)21)5-7-19(26)25-13-18-20(24-10-9-23-18)16-3-2-8-22-12-16/h2-4,6,8-12H,5,7,13H2,1H3,(H,25,26). The van der Waals surface area contributed by atoms with E-state index in [4.69, 9.17) is 0 Å². The van der Waals surface area contributed by atoms with Gasteiger partial charge in [0.1, 0.15) is 5.82 Å². The Labute approximate surface area is 151 Å². The van der Waals surface area contributed by atoms with E-state index in [9.17, 15) is 9.18 Å². The Bertz CT molecular complexity index is 899. The number of aromatic nitrogens is 3. The molecule has 6 heteroatoms. The normalized spacial score (nSPS) is 10.5. The zero-order valence-electron chi connectivity index (χ0n) is 14.4. The summed E-state index contributed by atoms with van der Waals surface area (Å²) in [5, 5.41) is 2.87. The molecule has 2 heterocycles. The highest BCUT2D eigenvalue weighted by atomic mass is 19.1. The maximum absolute atomic E-state index is 13.3. The minimum absolute atomic E-state index is 0.0882. The number of carbonyl (C=O) groups is 1. The third kappa shape index (κ3) is 4.47. The van der Waals surface area contributed by atoms with Crippen LogP contribution in [-0.4, -0.2) is 20.9 Å². The summed E-state index contributed by atoms with van der Waals surface area (Å²) >= 11 is 0. The predicted molar refractivity (Wildman–Crippen MR) is 96.6 cm³/mol. The van der Waals surface area contributed by atoms with Gasteiger partial charge in [-0.2, -0.15) is 0 Å². The molecule has 0 atom stereocenters. The number of benzene rings is 1. The molecule has 0 spiro atoms. The van der Waals surface area contributed by atoms with Crippen LogP contribution in [0.2, 0.25) is 0 Å². The van der Waals surface area contributed by atoms with E-state index in [0.717, 1.165) is 11.1 Å². The SMILES string of the molecule is Cc1cc(CCC(=O)NCc2nccnc2-c2cccnc2)ccc1F. The van der Waals surface area contributed by atoms with Gasteiger partial charge in [0.2, 0.25) is 5.91 Å². The highest BCUT2D eigenvalue weighted by Gasteiger charge is 2.10. The Morgan fingerprint density at radius 2 is 2.00 bits per heavy atom. The van der Waals surface area contributed by atoms with Crippen LogP contribution >= 0.6 is 0 Å². The van der Waals surface area contributed by atoms with Crippen LogP contribution in [-0.2, 0) is 17.8 Å². The molecule has 0 saturated heterocycles. The molecule has 132 valence electrons. The van der Waals surface area contributed by atoms with Crippen molar-refractivity contribution in [3.05, 3.63) is 77.8 Å². The zero-order valence-corrected chi connectivity index (χ0v) is 14.4. The lowest BCUT2D eigenvalue weighted by Gasteiger charge is -2.09. The average Bonchev–Trinajstić information content (AvgIpc) is 2.68. The van der Waals surface area contributed by atoms with E-state index in [1.807, 2.05) is 12.1 Å². The summed E-state index contributed by atoms with van der Waals surface area (Å²) in [6, 6.07) is 8.64. The van der Waals surface area contributed by atoms with Gasteiger partial charge in [0.15, 0.2) is 0 Å². The third-order valence-electron chi connectivity index (χ3n) is 4.03. The summed E-state index contributed by atoms with van der Waals surface area (Å²) in [6.07, 6.45) is 7.51. The molecule has 0 aliphatic heterocycles. The number of aryl methyl sites for hydroxylation is 2. The first kappa shape index (κ1) is 17.7. The van der Waals surface area contributed by atoms with Gasteiger partial charge in [0.05, 0.1) is 17.9 Å². The number of carbonyl (C=O) groups excluding carboxylic acids is 1. The Hall–Kier alpha value is -3.15. The fourth-order valence-corrected chi connectivity index (χ4v) is 2.63. The molecule has 0 aliphatic carbocycles. The Morgan fingerprint density at radius 3 is 2.77 bits per heavy atom. The zero-order chi connectivity index (χ0) is 18.4. The van der Waals surface area contributed by atoms with Crippen LogP contribution in [0.4, 0.5) is 4.39 Å². The monoisotopic (exact) mass is 350 g/mol. The lowest BCUT2D eigenvalue weighted by Crippen LogP contribution is -2.24. The largest absolute Gasteiger partial charge is 0.350 e. The highest BCUT2D eigenvalue weighted by Crippen LogP contribution is 2.18. The Kier molecular flexibility index (Phi) is 5.63. The summed E-state index contributed by atoms with van der Waals surface area (Å²) in [6.45, 7) is 2.01. The average molecular weight is 350 g/mol. The molecule has 0 saturated carbocycles. The number of hydrogen-bond acceptors (Lipinski definition) is 4. The summed E-state index contributed by atoms with van der Waals surface area (Å²) < 4.78 is 13.3. The molecule has 5 nitrogen and oxygen atoms in total. The van der Waals surface area contributed by atoms with E-state index in [1.165, 1.54) is 6.07 Å². The number of rotatable bonds is 6. The molecule has 2 aromatic heterocycles. The van der Waals surface area contributed by atoms with E-state index in [1.54, 1.807) is 43.8 Å². The van der Waals surface area contributed by atoms with E-state index in [0.29, 0.717) is 36.3 Å². The van der Waals surface area contributed by atoms with Crippen LogP contribution in [0.15, 0.2) is 55.1 Å². The van der Waals surface area contributed by atoms with Crippen molar-refractivity contribution in [2.75, 3.05) is 0 Å². The summed E-state index contributed by atoms with van der Waals surface area (Å²) in [5.41, 5.74) is 3.77. The van der Waals surface area contributed by atoms with E-state index >= 15 is 0 Å². The number of nitrogens with zero attached hydrogens (tertiary/aromatic N) is 3. The van der Waals surface area contributed by atoms with Gasteiger partial charge in [-0.15, -0.1) is 0 Å². The number of amides is 1. The van der Waals surface area contributed by atoms with Gasteiger partial charge in [-0.05, 0) is 42.7 Å². The third-order valence-corrected chi connectivity index (χ3v) is 4.03. The molecule has 1 N–H and O–H groups in total. The fraction of sp³-hybridized carbons (Fsp3) is 0.200. The lowest BCUT2D eigenvalue weighted by atomic mass is 10.1. The van der Waals surface area contributed by atoms with Crippen molar-refractivity contribution >= 4 is 5.91 Å². The molecule has 0 radical (unpaired) electrons. The van der Waals surface area contributed by atoms with Crippen LogP contribution in [0.25, 0.3) is 11.3 Å². The van der Waals surface area contributed by atoms with Crippen LogP contribution < -0.4 is 5.32 Å². The molecule has 26 heavy (non-hydrogen) atoms. The van der Waals surface area contributed by atoms with Crippen molar-refractivity contribution in [2.24, 2.45) is 0 Å². The first-order valence-corrected chi connectivity index (χ1v) is 8.35. The second-order valence-corrected chi connectivity index (χ2v) is 5.95. The maximum Gasteiger partial charge on any atom is 0.220 e.